The number of carbonyl (C=O) groups is 1. The average Bonchev–Trinajstić information content (AvgIpc) is 3.07. The Kier molecular flexibility index (Phi) is 3.73. The van der Waals surface area contributed by atoms with Crippen molar-refractivity contribution < 1.29 is 4.79 Å². The first-order valence-corrected chi connectivity index (χ1v) is 8.36. The molecular weight excluding hydrogens is 310 g/mol. The Morgan fingerprint density at radius 2 is 1.92 bits per heavy atom. The Morgan fingerprint density at radius 3 is 2.80 bits per heavy atom. The number of benzene rings is 3. The number of imidazole rings is 1. The largest absolute Gasteiger partial charge is 0.345 e. The summed E-state index contributed by atoms with van der Waals surface area (Å²) in [6, 6.07) is 18.1. The second-order valence-corrected chi connectivity index (χ2v) is 6.35. The van der Waals surface area contributed by atoms with Gasteiger partial charge in [0.2, 0.25) is 0 Å². The number of nitrogens with zero attached hydrogens (tertiary/aromatic N) is 1. The van der Waals surface area contributed by atoms with Crippen LogP contribution in [-0.4, -0.2) is 15.9 Å². The van der Waals surface area contributed by atoms with E-state index in [-0.39, 0.29) is 11.9 Å². The van der Waals surface area contributed by atoms with E-state index in [9.17, 15) is 4.79 Å². The third kappa shape index (κ3) is 2.76. The number of hydrogen-bond acceptors (Lipinski definition) is 2. The maximum atomic E-state index is 12.8. The van der Waals surface area contributed by atoms with Crippen molar-refractivity contribution in [1.29, 1.82) is 0 Å². The van der Waals surface area contributed by atoms with E-state index < -0.39 is 0 Å². The molecule has 3 aromatic carbocycles. The number of aryl methyl sites for hydroxylation is 1. The molecule has 0 bridgehead atoms. The van der Waals surface area contributed by atoms with Crippen LogP contribution in [0.3, 0.4) is 0 Å². The van der Waals surface area contributed by atoms with E-state index in [1.165, 1.54) is 10.8 Å². The van der Waals surface area contributed by atoms with E-state index in [4.69, 9.17) is 0 Å². The molecule has 0 radical (unpaired) electrons. The van der Waals surface area contributed by atoms with Gasteiger partial charge < -0.3 is 10.3 Å². The number of fused-ring (bicyclic) bond motifs is 2. The summed E-state index contributed by atoms with van der Waals surface area (Å²) in [7, 11) is 0. The fourth-order valence-electron chi connectivity index (χ4n) is 3.31. The minimum atomic E-state index is -0.0875. The first-order chi connectivity index (χ1) is 12.1. The van der Waals surface area contributed by atoms with Crippen LogP contribution in [-0.2, 0) is 0 Å². The van der Waals surface area contributed by atoms with Crippen molar-refractivity contribution in [2.75, 3.05) is 0 Å². The van der Waals surface area contributed by atoms with Gasteiger partial charge in [0.1, 0.15) is 0 Å². The zero-order valence-electron chi connectivity index (χ0n) is 14.2. The second kappa shape index (κ2) is 6.06. The molecule has 1 aromatic heterocycles. The highest BCUT2D eigenvalue weighted by atomic mass is 16.1. The van der Waals surface area contributed by atoms with Gasteiger partial charge in [-0.2, -0.15) is 0 Å². The number of rotatable bonds is 3. The normalized spacial score (nSPS) is 12.4. The van der Waals surface area contributed by atoms with Crippen LogP contribution in [0.5, 0.6) is 0 Å². The summed E-state index contributed by atoms with van der Waals surface area (Å²) in [5, 5.41) is 5.47. The maximum Gasteiger partial charge on any atom is 0.252 e. The fourth-order valence-corrected chi connectivity index (χ4v) is 3.31. The number of H-pyrrole nitrogens is 1. The van der Waals surface area contributed by atoms with Crippen LogP contribution in [0.25, 0.3) is 21.8 Å². The summed E-state index contributed by atoms with van der Waals surface area (Å²) in [4.78, 5) is 20.1. The molecule has 124 valence electrons. The quantitative estimate of drug-likeness (QED) is 0.581. The monoisotopic (exact) mass is 329 g/mol. The highest BCUT2D eigenvalue weighted by Gasteiger charge is 2.16. The molecular formula is C21H19N3O. The summed E-state index contributed by atoms with van der Waals surface area (Å²) in [6.07, 6.45) is 1.64. The van der Waals surface area contributed by atoms with Crippen molar-refractivity contribution in [3.8, 4) is 0 Å². The molecule has 0 unspecified atom stereocenters. The van der Waals surface area contributed by atoms with E-state index in [0.717, 1.165) is 22.2 Å². The lowest BCUT2D eigenvalue weighted by Gasteiger charge is -2.17. The van der Waals surface area contributed by atoms with Crippen molar-refractivity contribution in [3.63, 3.8) is 0 Å². The molecule has 4 heteroatoms. The molecule has 0 fully saturated rings. The van der Waals surface area contributed by atoms with E-state index >= 15 is 0 Å². The minimum absolute atomic E-state index is 0.0746. The van der Waals surface area contributed by atoms with Crippen molar-refractivity contribution in [2.45, 2.75) is 19.9 Å². The van der Waals surface area contributed by atoms with Crippen LogP contribution in [0, 0.1) is 6.92 Å². The second-order valence-electron chi connectivity index (χ2n) is 6.35. The number of aromatic amines is 1. The molecule has 0 aliphatic rings. The van der Waals surface area contributed by atoms with Crippen LogP contribution < -0.4 is 5.32 Å². The first-order valence-electron chi connectivity index (χ1n) is 8.36. The van der Waals surface area contributed by atoms with Crippen LogP contribution in [0.1, 0.15) is 34.5 Å². The molecule has 0 saturated heterocycles. The van der Waals surface area contributed by atoms with Crippen LogP contribution in [0.15, 0.2) is 60.9 Å². The Balaban J connectivity index is 1.66. The van der Waals surface area contributed by atoms with Crippen molar-refractivity contribution in [1.82, 2.24) is 15.3 Å². The third-order valence-electron chi connectivity index (χ3n) is 4.65. The maximum absolute atomic E-state index is 12.8. The van der Waals surface area contributed by atoms with E-state index in [1.54, 1.807) is 6.33 Å². The molecule has 0 aliphatic carbocycles. The predicted molar refractivity (Wildman–Crippen MR) is 101 cm³/mol. The SMILES string of the molecule is Cc1cc2nc[nH]c2cc1C(=O)N[C@H](C)c1cccc2ccccc12. The van der Waals surface area contributed by atoms with Gasteiger partial charge in [-0.1, -0.05) is 42.5 Å². The molecule has 1 atom stereocenters. The summed E-state index contributed by atoms with van der Waals surface area (Å²) in [5.41, 5.74) is 4.45. The summed E-state index contributed by atoms with van der Waals surface area (Å²) >= 11 is 0. The molecule has 1 heterocycles. The van der Waals surface area contributed by atoms with Gasteiger partial charge >= 0.3 is 0 Å². The molecule has 25 heavy (non-hydrogen) atoms. The fraction of sp³-hybridized carbons (Fsp3) is 0.143. The van der Waals surface area contributed by atoms with Gasteiger partial charge in [0.15, 0.2) is 0 Å². The predicted octanol–water partition coefficient (Wildman–Crippen LogP) is 4.52. The summed E-state index contributed by atoms with van der Waals surface area (Å²) < 4.78 is 0. The van der Waals surface area contributed by atoms with Gasteiger partial charge in [-0.3, -0.25) is 4.79 Å². The zero-order chi connectivity index (χ0) is 17.4. The lowest BCUT2D eigenvalue weighted by Crippen LogP contribution is -2.27. The molecule has 4 nitrogen and oxygen atoms in total. The minimum Gasteiger partial charge on any atom is -0.345 e. The smallest absolute Gasteiger partial charge is 0.252 e. The van der Waals surface area contributed by atoms with Gasteiger partial charge in [0.25, 0.3) is 5.91 Å². The Bertz CT molecular complexity index is 1080. The number of carbonyl (C=O) groups excluding carboxylic acids is 1. The standard InChI is InChI=1S/C21H19N3O/c1-13-10-19-20(23-12-22-19)11-18(13)21(25)24-14(2)16-9-5-7-15-6-3-4-8-17(15)16/h3-12,14H,1-2H3,(H,22,23)(H,24,25)/t14-/m1/s1. The van der Waals surface area contributed by atoms with E-state index in [0.29, 0.717) is 5.56 Å². The molecule has 0 aliphatic heterocycles. The summed E-state index contributed by atoms with van der Waals surface area (Å²) in [6.45, 7) is 3.95. The van der Waals surface area contributed by atoms with Gasteiger partial charge in [0.05, 0.1) is 23.4 Å². The van der Waals surface area contributed by atoms with E-state index in [1.807, 2.05) is 44.2 Å². The third-order valence-corrected chi connectivity index (χ3v) is 4.65. The number of hydrogen-bond donors (Lipinski definition) is 2. The van der Waals surface area contributed by atoms with Gasteiger partial charge in [-0.15, -0.1) is 0 Å². The van der Waals surface area contributed by atoms with Gasteiger partial charge in [0, 0.05) is 5.56 Å². The van der Waals surface area contributed by atoms with Crippen molar-refractivity contribution in [3.05, 3.63) is 77.6 Å². The number of nitrogens with one attached hydrogen (secondary N) is 2. The van der Waals surface area contributed by atoms with Crippen molar-refractivity contribution >= 4 is 27.7 Å². The molecule has 2 N–H and O–H groups in total. The molecule has 0 spiro atoms. The lowest BCUT2D eigenvalue weighted by atomic mass is 9.99. The summed E-state index contributed by atoms with van der Waals surface area (Å²) in [5.74, 6) is -0.0746. The average molecular weight is 329 g/mol. The van der Waals surface area contributed by atoms with Gasteiger partial charge in [-0.25, -0.2) is 4.98 Å². The topological polar surface area (TPSA) is 57.8 Å². The van der Waals surface area contributed by atoms with Gasteiger partial charge in [-0.05, 0) is 47.9 Å². The number of aromatic nitrogens is 2. The Labute approximate surface area is 145 Å². The first kappa shape index (κ1) is 15.4. The highest BCUT2D eigenvalue weighted by molar-refractivity contribution is 5.99. The van der Waals surface area contributed by atoms with Crippen LogP contribution in [0.4, 0.5) is 0 Å². The van der Waals surface area contributed by atoms with Crippen LogP contribution >= 0.6 is 0 Å². The molecule has 4 rings (SSSR count). The molecule has 0 saturated carbocycles. The highest BCUT2D eigenvalue weighted by Crippen LogP contribution is 2.25. The number of amides is 1. The Hall–Kier alpha value is -3.14. The lowest BCUT2D eigenvalue weighted by molar-refractivity contribution is 0.0939. The van der Waals surface area contributed by atoms with Crippen LogP contribution in [0.2, 0.25) is 0 Å². The molecule has 4 aromatic rings. The Morgan fingerprint density at radius 1 is 1.12 bits per heavy atom. The molecule has 1 amide bonds. The van der Waals surface area contributed by atoms with E-state index in [2.05, 4.69) is 39.6 Å². The zero-order valence-corrected chi connectivity index (χ0v) is 14.2. The van der Waals surface area contributed by atoms with Crippen molar-refractivity contribution in [2.24, 2.45) is 0 Å².